The molecule has 4 N–H and O–H groups in total. The number of nitrogens with two attached hydrogens (primary N) is 1. The van der Waals surface area contributed by atoms with Crippen LogP contribution in [0.25, 0.3) is 5.69 Å². The van der Waals surface area contributed by atoms with Gasteiger partial charge in [0.15, 0.2) is 5.96 Å². The highest BCUT2D eigenvalue weighted by molar-refractivity contribution is 6.04. The molecule has 0 saturated carbocycles. The second kappa shape index (κ2) is 9.61. The molecule has 1 aliphatic rings. The Kier molecular flexibility index (Phi) is 6.59. The molecule has 2 aromatic carbocycles. The highest BCUT2D eigenvalue weighted by Crippen LogP contribution is 2.39. The van der Waals surface area contributed by atoms with Gasteiger partial charge in [0, 0.05) is 36.6 Å². The number of benzene rings is 2. The standard InChI is InChI=1S/C24H23F3N6O2/c25-24(26,27)20-14-16(21(34)31-23(28)29)5-6-19(20)15-7-11-32(12-8-15)22(35)17-3-1-4-18(13-17)33-10-2-9-30-33/h1-6,9-10,13-15H,7-8,11-12H2,(H4,28,29,31,34). The van der Waals surface area contributed by atoms with Crippen molar-refractivity contribution < 1.29 is 22.8 Å². The molecule has 8 nitrogen and oxygen atoms in total. The topological polar surface area (TPSA) is 117 Å². The zero-order chi connectivity index (χ0) is 25.2. The number of alkyl halides is 3. The van der Waals surface area contributed by atoms with Gasteiger partial charge in [0.25, 0.3) is 11.8 Å². The summed E-state index contributed by atoms with van der Waals surface area (Å²) in [6.45, 7) is 0.610. The number of halogens is 3. The third-order valence-electron chi connectivity index (χ3n) is 5.95. The molecule has 1 saturated heterocycles. The summed E-state index contributed by atoms with van der Waals surface area (Å²) in [4.78, 5) is 26.7. The van der Waals surface area contributed by atoms with Crippen LogP contribution in [-0.2, 0) is 6.18 Å². The Balaban J connectivity index is 1.49. The predicted molar refractivity (Wildman–Crippen MR) is 122 cm³/mol. The second-order valence-corrected chi connectivity index (χ2v) is 8.24. The van der Waals surface area contributed by atoms with Crippen molar-refractivity contribution >= 4 is 17.8 Å². The largest absolute Gasteiger partial charge is 0.416 e. The maximum Gasteiger partial charge on any atom is 0.416 e. The summed E-state index contributed by atoms with van der Waals surface area (Å²) in [5.41, 5.74) is 5.28. The predicted octanol–water partition coefficient (Wildman–Crippen LogP) is 3.53. The minimum atomic E-state index is -4.66. The number of hydrogen-bond acceptors (Lipinski definition) is 4. The summed E-state index contributed by atoms with van der Waals surface area (Å²) >= 11 is 0. The number of piperidine rings is 1. The molecule has 35 heavy (non-hydrogen) atoms. The molecular formula is C24H23F3N6O2. The second-order valence-electron chi connectivity index (χ2n) is 8.24. The lowest BCUT2D eigenvalue weighted by Crippen LogP contribution is -2.38. The summed E-state index contributed by atoms with van der Waals surface area (Å²) in [5, 5.41) is 13.3. The molecule has 3 aromatic rings. The molecule has 0 aliphatic carbocycles. The Morgan fingerprint density at radius 3 is 2.43 bits per heavy atom. The molecule has 2 amide bonds. The van der Waals surface area contributed by atoms with Crippen LogP contribution in [0, 0.1) is 5.41 Å². The Morgan fingerprint density at radius 2 is 1.80 bits per heavy atom. The van der Waals surface area contributed by atoms with E-state index < -0.39 is 29.5 Å². The van der Waals surface area contributed by atoms with Gasteiger partial charge in [-0.05, 0) is 60.7 Å². The lowest BCUT2D eigenvalue weighted by Gasteiger charge is -2.33. The van der Waals surface area contributed by atoms with Crippen molar-refractivity contribution in [1.29, 1.82) is 5.41 Å². The maximum absolute atomic E-state index is 13.8. The number of nitrogens with zero attached hydrogens (tertiary/aromatic N) is 3. The fourth-order valence-corrected chi connectivity index (χ4v) is 4.27. The van der Waals surface area contributed by atoms with Gasteiger partial charge in [-0.2, -0.15) is 18.3 Å². The van der Waals surface area contributed by atoms with Crippen molar-refractivity contribution in [2.75, 3.05) is 13.1 Å². The average molecular weight is 484 g/mol. The molecular weight excluding hydrogens is 461 g/mol. The molecule has 0 spiro atoms. The molecule has 1 aromatic heterocycles. The van der Waals surface area contributed by atoms with Gasteiger partial charge in [0.05, 0.1) is 11.3 Å². The molecule has 4 rings (SSSR count). The van der Waals surface area contributed by atoms with Crippen LogP contribution in [0.2, 0.25) is 0 Å². The molecule has 182 valence electrons. The Labute approximate surface area is 199 Å². The molecule has 0 atom stereocenters. The van der Waals surface area contributed by atoms with Crippen LogP contribution in [0.3, 0.4) is 0 Å². The zero-order valence-electron chi connectivity index (χ0n) is 18.5. The molecule has 11 heteroatoms. The van der Waals surface area contributed by atoms with Gasteiger partial charge in [0.2, 0.25) is 0 Å². The Morgan fingerprint density at radius 1 is 1.06 bits per heavy atom. The van der Waals surface area contributed by atoms with E-state index in [1.807, 2.05) is 11.4 Å². The molecule has 0 unspecified atom stereocenters. The van der Waals surface area contributed by atoms with E-state index in [0.717, 1.165) is 11.8 Å². The van der Waals surface area contributed by atoms with E-state index in [0.29, 0.717) is 31.5 Å². The Hall–Kier alpha value is -4.15. The first kappa shape index (κ1) is 24.0. The monoisotopic (exact) mass is 484 g/mol. The van der Waals surface area contributed by atoms with Gasteiger partial charge < -0.3 is 10.6 Å². The lowest BCUT2D eigenvalue weighted by atomic mass is 9.85. The molecule has 0 radical (unpaired) electrons. The fourth-order valence-electron chi connectivity index (χ4n) is 4.27. The highest BCUT2D eigenvalue weighted by atomic mass is 19.4. The molecule has 0 bridgehead atoms. The number of aromatic nitrogens is 2. The fraction of sp³-hybridized carbons (Fsp3) is 0.250. The smallest absolute Gasteiger partial charge is 0.370 e. The van der Waals surface area contributed by atoms with E-state index in [1.54, 1.807) is 46.2 Å². The zero-order valence-corrected chi connectivity index (χ0v) is 18.5. The van der Waals surface area contributed by atoms with Crippen molar-refractivity contribution in [2.24, 2.45) is 5.73 Å². The molecule has 2 heterocycles. The number of likely N-dealkylation sites (tertiary alicyclic amines) is 1. The molecule has 1 fully saturated rings. The van der Waals surface area contributed by atoms with Gasteiger partial charge in [-0.15, -0.1) is 0 Å². The minimum Gasteiger partial charge on any atom is -0.370 e. The number of carbonyl (C=O) groups is 2. The first-order valence-corrected chi connectivity index (χ1v) is 10.9. The average Bonchev–Trinajstić information content (AvgIpc) is 3.38. The van der Waals surface area contributed by atoms with E-state index >= 15 is 0 Å². The maximum atomic E-state index is 13.8. The van der Waals surface area contributed by atoms with Crippen molar-refractivity contribution in [2.45, 2.75) is 24.9 Å². The van der Waals surface area contributed by atoms with E-state index in [2.05, 4.69) is 5.10 Å². The van der Waals surface area contributed by atoms with Crippen molar-refractivity contribution in [3.63, 3.8) is 0 Å². The van der Waals surface area contributed by atoms with Gasteiger partial charge in [-0.1, -0.05) is 12.1 Å². The van der Waals surface area contributed by atoms with Crippen LogP contribution >= 0.6 is 0 Å². The normalized spacial score (nSPS) is 14.5. The van der Waals surface area contributed by atoms with Crippen LogP contribution in [0.4, 0.5) is 13.2 Å². The van der Waals surface area contributed by atoms with Gasteiger partial charge in [0.1, 0.15) is 0 Å². The minimum absolute atomic E-state index is 0.0876. The number of carbonyl (C=O) groups excluding carboxylic acids is 2. The summed E-state index contributed by atoms with van der Waals surface area (Å²) in [6, 6.07) is 12.2. The summed E-state index contributed by atoms with van der Waals surface area (Å²) in [6.07, 6.45) is -0.555. The van der Waals surface area contributed by atoms with Crippen LogP contribution in [0.1, 0.15) is 50.6 Å². The van der Waals surface area contributed by atoms with Gasteiger partial charge in [-0.25, -0.2) is 4.68 Å². The quantitative estimate of drug-likeness (QED) is 0.388. The van der Waals surface area contributed by atoms with Crippen molar-refractivity contribution in [1.82, 2.24) is 20.0 Å². The van der Waals surface area contributed by atoms with E-state index in [4.69, 9.17) is 11.1 Å². The van der Waals surface area contributed by atoms with Crippen molar-refractivity contribution in [3.05, 3.63) is 83.2 Å². The van der Waals surface area contributed by atoms with Gasteiger partial charge >= 0.3 is 6.18 Å². The Bertz CT molecular complexity index is 1250. The number of guanidine groups is 1. The lowest BCUT2D eigenvalue weighted by molar-refractivity contribution is -0.138. The number of hydrogen-bond donors (Lipinski definition) is 3. The van der Waals surface area contributed by atoms with Crippen LogP contribution < -0.4 is 11.1 Å². The highest BCUT2D eigenvalue weighted by Gasteiger charge is 2.37. The van der Waals surface area contributed by atoms with Crippen LogP contribution in [0.15, 0.2) is 60.9 Å². The number of nitrogens with one attached hydrogen (secondary N) is 2. The third kappa shape index (κ3) is 5.34. The first-order chi connectivity index (χ1) is 16.6. The van der Waals surface area contributed by atoms with Crippen LogP contribution in [0.5, 0.6) is 0 Å². The summed E-state index contributed by atoms with van der Waals surface area (Å²) in [7, 11) is 0. The van der Waals surface area contributed by atoms with E-state index in [1.165, 1.54) is 12.1 Å². The summed E-state index contributed by atoms with van der Waals surface area (Å²) in [5.74, 6) is -2.15. The van der Waals surface area contributed by atoms with Crippen LogP contribution in [-0.4, -0.2) is 45.5 Å². The number of rotatable bonds is 4. The third-order valence-corrected chi connectivity index (χ3v) is 5.95. The number of amides is 2. The van der Waals surface area contributed by atoms with E-state index in [9.17, 15) is 22.8 Å². The molecule has 1 aliphatic heterocycles. The van der Waals surface area contributed by atoms with Gasteiger partial charge in [-0.3, -0.25) is 20.3 Å². The summed E-state index contributed by atoms with van der Waals surface area (Å²) < 4.78 is 43.1. The SMILES string of the molecule is N=C(N)NC(=O)c1ccc(C2CCN(C(=O)c3cccc(-n4cccn4)c3)CC2)c(C(F)(F)F)c1. The first-order valence-electron chi connectivity index (χ1n) is 10.9. The van der Waals surface area contributed by atoms with E-state index in [-0.39, 0.29) is 17.0 Å². The van der Waals surface area contributed by atoms with Crippen molar-refractivity contribution in [3.8, 4) is 5.69 Å².